The summed E-state index contributed by atoms with van der Waals surface area (Å²) in [5, 5.41) is 4.09. The molecule has 1 atom stereocenters. The molecule has 4 rings (SSSR count). The monoisotopic (exact) mass is 287 g/mol. The SMILES string of the molecule is Cc1ncc(C(=O)N2CCC[C@@H]2c2noc(C3CC3)n2)[nH]1. The Hall–Kier alpha value is -2.18. The van der Waals surface area contributed by atoms with Gasteiger partial charge < -0.3 is 14.4 Å². The summed E-state index contributed by atoms with van der Waals surface area (Å²) in [7, 11) is 0. The van der Waals surface area contributed by atoms with Crippen molar-refractivity contribution in [1.29, 1.82) is 0 Å². The molecule has 0 bridgehead atoms. The second-order valence-corrected chi connectivity index (χ2v) is 5.80. The first-order valence-electron chi connectivity index (χ1n) is 7.38. The number of aromatic nitrogens is 4. The average Bonchev–Trinajstić information content (AvgIpc) is 2.94. The molecule has 2 aliphatic rings. The van der Waals surface area contributed by atoms with E-state index in [9.17, 15) is 4.79 Å². The third-order valence-electron chi connectivity index (χ3n) is 4.13. The van der Waals surface area contributed by atoms with Crippen LogP contribution >= 0.6 is 0 Å². The summed E-state index contributed by atoms with van der Waals surface area (Å²) < 4.78 is 5.32. The van der Waals surface area contributed by atoms with Crippen LogP contribution in [0.2, 0.25) is 0 Å². The van der Waals surface area contributed by atoms with E-state index in [0.717, 1.165) is 43.9 Å². The Morgan fingerprint density at radius 2 is 2.29 bits per heavy atom. The highest BCUT2D eigenvalue weighted by atomic mass is 16.5. The molecule has 1 saturated heterocycles. The summed E-state index contributed by atoms with van der Waals surface area (Å²) in [5.74, 6) is 2.49. The van der Waals surface area contributed by atoms with Crippen LogP contribution in [0.15, 0.2) is 10.7 Å². The van der Waals surface area contributed by atoms with Gasteiger partial charge in [0.05, 0.1) is 12.2 Å². The van der Waals surface area contributed by atoms with Crippen LogP contribution in [0.25, 0.3) is 0 Å². The molecule has 1 aliphatic carbocycles. The Kier molecular flexibility index (Phi) is 2.80. The molecule has 2 aromatic heterocycles. The third kappa shape index (κ3) is 2.22. The van der Waals surface area contributed by atoms with Gasteiger partial charge in [-0.2, -0.15) is 4.98 Å². The van der Waals surface area contributed by atoms with Crippen molar-refractivity contribution < 1.29 is 9.32 Å². The third-order valence-corrected chi connectivity index (χ3v) is 4.13. The van der Waals surface area contributed by atoms with Gasteiger partial charge in [-0.05, 0) is 32.6 Å². The van der Waals surface area contributed by atoms with Gasteiger partial charge in [0.2, 0.25) is 5.89 Å². The van der Waals surface area contributed by atoms with Gasteiger partial charge in [-0.25, -0.2) is 4.98 Å². The minimum absolute atomic E-state index is 0.0455. The van der Waals surface area contributed by atoms with Crippen LogP contribution in [-0.4, -0.2) is 37.5 Å². The van der Waals surface area contributed by atoms with Crippen LogP contribution in [0.5, 0.6) is 0 Å². The maximum atomic E-state index is 12.6. The maximum Gasteiger partial charge on any atom is 0.272 e. The quantitative estimate of drug-likeness (QED) is 0.932. The van der Waals surface area contributed by atoms with Crippen LogP contribution in [0.1, 0.15) is 65.7 Å². The first-order valence-corrected chi connectivity index (χ1v) is 7.38. The van der Waals surface area contributed by atoms with Gasteiger partial charge in [0.25, 0.3) is 5.91 Å². The largest absolute Gasteiger partial charge is 0.339 e. The van der Waals surface area contributed by atoms with Gasteiger partial charge in [-0.1, -0.05) is 5.16 Å². The predicted molar refractivity (Wildman–Crippen MR) is 72.6 cm³/mol. The Morgan fingerprint density at radius 3 is 3.00 bits per heavy atom. The lowest BCUT2D eigenvalue weighted by molar-refractivity contribution is 0.0723. The Bertz CT molecular complexity index is 672. The maximum absolute atomic E-state index is 12.6. The second-order valence-electron chi connectivity index (χ2n) is 5.80. The lowest BCUT2D eigenvalue weighted by Crippen LogP contribution is -2.31. The van der Waals surface area contributed by atoms with Crippen molar-refractivity contribution in [2.45, 2.75) is 44.6 Å². The number of hydrogen-bond donors (Lipinski definition) is 1. The number of H-pyrrole nitrogens is 1. The fourth-order valence-electron chi connectivity index (χ4n) is 2.84. The Labute approximate surface area is 121 Å². The van der Waals surface area contributed by atoms with Crippen molar-refractivity contribution >= 4 is 5.91 Å². The van der Waals surface area contributed by atoms with Crippen molar-refractivity contribution in [2.75, 3.05) is 6.54 Å². The molecule has 1 amide bonds. The van der Waals surface area contributed by atoms with Gasteiger partial charge in [0.1, 0.15) is 11.5 Å². The lowest BCUT2D eigenvalue weighted by Gasteiger charge is -2.21. The van der Waals surface area contributed by atoms with Crippen LogP contribution in [0.3, 0.4) is 0 Å². The predicted octanol–water partition coefficient (Wildman–Crippen LogP) is 1.96. The molecule has 21 heavy (non-hydrogen) atoms. The Balaban J connectivity index is 1.57. The molecule has 1 N–H and O–H groups in total. The number of nitrogens with zero attached hydrogens (tertiary/aromatic N) is 4. The van der Waals surface area contributed by atoms with Crippen molar-refractivity contribution in [3.8, 4) is 0 Å². The van der Waals surface area contributed by atoms with Gasteiger partial charge >= 0.3 is 0 Å². The molecule has 1 aliphatic heterocycles. The smallest absolute Gasteiger partial charge is 0.272 e. The highest BCUT2D eigenvalue weighted by Gasteiger charge is 2.36. The number of aromatic amines is 1. The number of aryl methyl sites for hydroxylation is 1. The number of hydrogen-bond acceptors (Lipinski definition) is 5. The highest BCUT2D eigenvalue weighted by molar-refractivity contribution is 5.92. The normalized spacial score (nSPS) is 22.0. The van der Waals surface area contributed by atoms with Crippen molar-refractivity contribution in [3.05, 3.63) is 29.4 Å². The number of likely N-dealkylation sites (tertiary alicyclic amines) is 1. The number of imidazole rings is 1. The molecule has 3 heterocycles. The molecule has 110 valence electrons. The fourth-order valence-corrected chi connectivity index (χ4v) is 2.84. The molecule has 0 radical (unpaired) electrons. The van der Waals surface area contributed by atoms with E-state index in [1.807, 2.05) is 11.8 Å². The first-order chi connectivity index (χ1) is 10.2. The molecule has 0 spiro atoms. The number of amides is 1. The minimum atomic E-state index is -0.0858. The molecule has 7 heteroatoms. The van der Waals surface area contributed by atoms with E-state index < -0.39 is 0 Å². The number of rotatable bonds is 3. The summed E-state index contributed by atoms with van der Waals surface area (Å²) in [5.41, 5.74) is 0.519. The summed E-state index contributed by atoms with van der Waals surface area (Å²) in [6, 6.07) is -0.0858. The highest BCUT2D eigenvalue weighted by Crippen LogP contribution is 2.40. The molecule has 2 aromatic rings. The summed E-state index contributed by atoms with van der Waals surface area (Å²) in [6.45, 7) is 2.55. The first kappa shape index (κ1) is 12.6. The van der Waals surface area contributed by atoms with Gasteiger partial charge in [-0.3, -0.25) is 4.79 Å². The molecule has 0 aromatic carbocycles. The van der Waals surface area contributed by atoms with Crippen molar-refractivity contribution in [3.63, 3.8) is 0 Å². The number of nitrogens with one attached hydrogen (secondary N) is 1. The molecule has 0 unspecified atom stereocenters. The standard InChI is InChI=1S/C14H17N5O2/c1-8-15-7-10(16-8)14(20)19-6-2-3-11(19)12-17-13(21-18-12)9-4-5-9/h7,9,11H,2-6H2,1H3,(H,15,16)/t11-/m1/s1. The number of carbonyl (C=O) groups is 1. The van der Waals surface area contributed by atoms with E-state index >= 15 is 0 Å². The molecular weight excluding hydrogens is 270 g/mol. The minimum Gasteiger partial charge on any atom is -0.339 e. The molecular formula is C14H17N5O2. The van der Waals surface area contributed by atoms with Crippen LogP contribution < -0.4 is 0 Å². The van der Waals surface area contributed by atoms with E-state index in [0.29, 0.717) is 17.4 Å². The number of carbonyl (C=O) groups excluding carboxylic acids is 1. The van der Waals surface area contributed by atoms with Crippen LogP contribution in [0.4, 0.5) is 0 Å². The summed E-state index contributed by atoms with van der Waals surface area (Å²) in [4.78, 5) is 25.9. The molecule has 7 nitrogen and oxygen atoms in total. The van der Waals surface area contributed by atoms with Crippen molar-refractivity contribution in [2.24, 2.45) is 0 Å². The van der Waals surface area contributed by atoms with Crippen LogP contribution in [0, 0.1) is 6.92 Å². The van der Waals surface area contributed by atoms with Gasteiger partial charge in [0, 0.05) is 12.5 Å². The zero-order valence-corrected chi connectivity index (χ0v) is 11.9. The van der Waals surface area contributed by atoms with Gasteiger partial charge in [0.15, 0.2) is 5.82 Å². The lowest BCUT2D eigenvalue weighted by atomic mass is 10.2. The zero-order valence-electron chi connectivity index (χ0n) is 11.9. The Morgan fingerprint density at radius 1 is 1.43 bits per heavy atom. The summed E-state index contributed by atoms with van der Waals surface area (Å²) in [6.07, 6.45) is 5.67. The molecule has 1 saturated carbocycles. The van der Waals surface area contributed by atoms with E-state index in [2.05, 4.69) is 20.1 Å². The van der Waals surface area contributed by atoms with E-state index in [4.69, 9.17) is 4.52 Å². The zero-order chi connectivity index (χ0) is 14.4. The fraction of sp³-hybridized carbons (Fsp3) is 0.571. The van der Waals surface area contributed by atoms with E-state index in [1.54, 1.807) is 6.20 Å². The topological polar surface area (TPSA) is 87.9 Å². The van der Waals surface area contributed by atoms with Gasteiger partial charge in [-0.15, -0.1) is 0 Å². The van der Waals surface area contributed by atoms with Crippen LogP contribution in [-0.2, 0) is 0 Å². The second kappa shape index (κ2) is 4.68. The van der Waals surface area contributed by atoms with E-state index in [-0.39, 0.29) is 11.9 Å². The van der Waals surface area contributed by atoms with E-state index in [1.165, 1.54) is 0 Å². The average molecular weight is 287 g/mol. The molecule has 2 fully saturated rings. The van der Waals surface area contributed by atoms with Crippen molar-refractivity contribution in [1.82, 2.24) is 25.0 Å². The summed E-state index contributed by atoms with van der Waals surface area (Å²) >= 11 is 0.